The molecule has 0 aromatic heterocycles. The molecule has 0 bridgehead atoms. The maximum Gasteiger partial charge on any atom is 0.231 e. The van der Waals surface area contributed by atoms with Crippen LogP contribution < -0.4 is 0 Å². The normalized spacial score (nSPS) is 15.0. The zero-order valence-electron chi connectivity index (χ0n) is 14.2. The van der Waals surface area contributed by atoms with Crippen LogP contribution in [0.4, 0.5) is 0 Å². The van der Waals surface area contributed by atoms with E-state index >= 15 is 0 Å². The van der Waals surface area contributed by atoms with Gasteiger partial charge in [0.05, 0.1) is 0 Å². The van der Waals surface area contributed by atoms with Gasteiger partial charge in [-0.05, 0) is 49.1 Å². The SMILES string of the molecule is CC(C)(C)C[Si](C)(C)OO[Si](C)(C)CC(C)(C)C. The average molecular weight is 291 g/mol. The minimum Gasteiger partial charge on any atom is -0.298 e. The summed E-state index contributed by atoms with van der Waals surface area (Å²) in [5.41, 5.74) is 0.629. The molecule has 0 spiro atoms. The van der Waals surface area contributed by atoms with Crippen LogP contribution in [0.1, 0.15) is 41.5 Å². The molecule has 0 atom stereocenters. The van der Waals surface area contributed by atoms with Crippen LogP contribution in [0.2, 0.25) is 38.3 Å². The molecule has 0 rings (SSSR count). The second-order valence-electron chi connectivity index (χ2n) is 9.16. The topological polar surface area (TPSA) is 18.5 Å². The molecule has 4 heteroatoms. The molecular formula is C14H34O2Si2. The largest absolute Gasteiger partial charge is 0.298 e. The van der Waals surface area contributed by atoms with Crippen LogP contribution in [0.5, 0.6) is 0 Å². The Labute approximate surface area is 117 Å². The molecule has 110 valence electrons. The van der Waals surface area contributed by atoms with Crippen molar-refractivity contribution in [3.05, 3.63) is 0 Å². The van der Waals surface area contributed by atoms with Crippen molar-refractivity contribution < 1.29 is 9.15 Å². The molecule has 0 amide bonds. The van der Waals surface area contributed by atoms with E-state index < -0.39 is 16.6 Å². The maximum atomic E-state index is 5.92. The summed E-state index contributed by atoms with van der Waals surface area (Å²) in [4.78, 5) is 0. The second-order valence-corrected chi connectivity index (χ2v) is 17.2. The number of rotatable bonds is 5. The minimum absolute atomic E-state index is 0.314. The third kappa shape index (κ3) is 10.3. The Kier molecular flexibility index (Phi) is 5.89. The van der Waals surface area contributed by atoms with Crippen molar-refractivity contribution in [2.45, 2.75) is 79.8 Å². The van der Waals surface area contributed by atoms with E-state index in [2.05, 4.69) is 67.7 Å². The molecule has 0 heterocycles. The van der Waals surface area contributed by atoms with Crippen molar-refractivity contribution >= 4 is 16.6 Å². The summed E-state index contributed by atoms with van der Waals surface area (Å²) in [5.74, 6) is 0. The van der Waals surface area contributed by atoms with E-state index in [1.54, 1.807) is 0 Å². The summed E-state index contributed by atoms with van der Waals surface area (Å²) in [7, 11) is -3.42. The van der Waals surface area contributed by atoms with Crippen LogP contribution in [0, 0.1) is 10.8 Å². The number of hydrogen-bond acceptors (Lipinski definition) is 2. The van der Waals surface area contributed by atoms with Gasteiger partial charge < -0.3 is 0 Å². The molecule has 0 radical (unpaired) electrons. The van der Waals surface area contributed by atoms with E-state index in [0.29, 0.717) is 10.8 Å². The van der Waals surface area contributed by atoms with E-state index in [4.69, 9.17) is 9.15 Å². The zero-order chi connectivity index (χ0) is 14.8. The summed E-state index contributed by atoms with van der Waals surface area (Å²) < 4.78 is 11.8. The van der Waals surface area contributed by atoms with Crippen molar-refractivity contribution in [2.75, 3.05) is 0 Å². The molecule has 0 N–H and O–H groups in total. The minimum atomic E-state index is -1.71. The van der Waals surface area contributed by atoms with Crippen LogP contribution in [-0.2, 0) is 9.15 Å². The van der Waals surface area contributed by atoms with Gasteiger partial charge in [0.2, 0.25) is 16.6 Å². The monoisotopic (exact) mass is 290 g/mol. The lowest BCUT2D eigenvalue weighted by Gasteiger charge is -2.35. The Balaban J connectivity index is 4.38. The lowest BCUT2D eigenvalue weighted by molar-refractivity contribution is -0.127. The van der Waals surface area contributed by atoms with Gasteiger partial charge in [-0.25, -0.2) is 0 Å². The van der Waals surface area contributed by atoms with E-state index in [0.717, 1.165) is 12.1 Å². The first-order chi connectivity index (χ1) is 7.62. The molecule has 18 heavy (non-hydrogen) atoms. The zero-order valence-corrected chi connectivity index (χ0v) is 16.2. The molecule has 2 nitrogen and oxygen atoms in total. The smallest absolute Gasteiger partial charge is 0.231 e. The molecular weight excluding hydrogens is 256 g/mol. The van der Waals surface area contributed by atoms with E-state index in [-0.39, 0.29) is 0 Å². The van der Waals surface area contributed by atoms with Crippen LogP contribution in [-0.4, -0.2) is 16.6 Å². The van der Waals surface area contributed by atoms with Gasteiger partial charge in [-0.15, -0.1) is 0 Å². The third-order valence-corrected chi connectivity index (χ3v) is 7.46. The van der Waals surface area contributed by atoms with Gasteiger partial charge in [0.15, 0.2) is 0 Å². The fourth-order valence-corrected chi connectivity index (χ4v) is 9.87. The summed E-state index contributed by atoms with van der Waals surface area (Å²) >= 11 is 0. The fraction of sp³-hybridized carbons (Fsp3) is 1.00. The molecule has 0 aliphatic carbocycles. The second kappa shape index (κ2) is 5.77. The van der Waals surface area contributed by atoms with Crippen molar-refractivity contribution in [3.63, 3.8) is 0 Å². The number of hydrogen-bond donors (Lipinski definition) is 0. The van der Waals surface area contributed by atoms with E-state index in [9.17, 15) is 0 Å². The first kappa shape index (κ1) is 18.4. The first-order valence-corrected chi connectivity index (χ1v) is 13.2. The van der Waals surface area contributed by atoms with Gasteiger partial charge in [0, 0.05) is 0 Å². The summed E-state index contributed by atoms with van der Waals surface area (Å²) in [6, 6.07) is 2.25. The molecule has 0 aliphatic rings. The van der Waals surface area contributed by atoms with Gasteiger partial charge >= 0.3 is 0 Å². The predicted octanol–water partition coefficient (Wildman–Crippen LogP) is 5.44. The van der Waals surface area contributed by atoms with Gasteiger partial charge in [-0.3, -0.25) is 9.15 Å². The van der Waals surface area contributed by atoms with Crippen LogP contribution >= 0.6 is 0 Å². The highest BCUT2D eigenvalue weighted by Crippen LogP contribution is 2.32. The third-order valence-electron chi connectivity index (χ3n) is 2.40. The molecule has 0 saturated carbocycles. The fourth-order valence-electron chi connectivity index (χ4n) is 2.84. The van der Waals surface area contributed by atoms with Gasteiger partial charge in [0.1, 0.15) is 0 Å². The highest BCUT2D eigenvalue weighted by Gasteiger charge is 2.36. The Morgan fingerprint density at radius 1 is 0.611 bits per heavy atom. The molecule has 0 aliphatic heterocycles. The summed E-state index contributed by atoms with van der Waals surface area (Å²) in [6.45, 7) is 22.6. The molecule has 0 fully saturated rings. The van der Waals surface area contributed by atoms with Crippen LogP contribution in [0.3, 0.4) is 0 Å². The highest BCUT2D eigenvalue weighted by molar-refractivity contribution is 6.74. The Hall–Kier alpha value is 0.354. The quantitative estimate of drug-likeness (QED) is 0.381. The standard InChI is InChI=1S/C14H34O2Si2/c1-13(2,3)11-17(7,8)15-16-18(9,10)12-14(4,5)6/h11-12H2,1-10H3. The summed E-state index contributed by atoms with van der Waals surface area (Å²) in [6.07, 6.45) is 0. The van der Waals surface area contributed by atoms with Crippen LogP contribution in [0.15, 0.2) is 0 Å². The highest BCUT2D eigenvalue weighted by atomic mass is 28.4. The predicted molar refractivity (Wildman–Crippen MR) is 85.7 cm³/mol. The average Bonchev–Trinajstić information content (AvgIpc) is 1.91. The van der Waals surface area contributed by atoms with Gasteiger partial charge in [-0.2, -0.15) is 0 Å². The van der Waals surface area contributed by atoms with Crippen molar-refractivity contribution in [1.29, 1.82) is 0 Å². The lowest BCUT2D eigenvalue weighted by Crippen LogP contribution is -2.42. The molecule has 0 unspecified atom stereocenters. The van der Waals surface area contributed by atoms with Gasteiger partial charge in [0.25, 0.3) is 0 Å². The molecule has 0 aromatic carbocycles. The summed E-state index contributed by atoms with van der Waals surface area (Å²) in [5, 5.41) is 0. The molecule has 0 aromatic rings. The maximum absolute atomic E-state index is 5.92. The van der Waals surface area contributed by atoms with Gasteiger partial charge in [-0.1, -0.05) is 41.5 Å². The molecule has 0 saturated heterocycles. The van der Waals surface area contributed by atoms with E-state index in [1.165, 1.54) is 0 Å². The van der Waals surface area contributed by atoms with Crippen molar-refractivity contribution in [1.82, 2.24) is 0 Å². The van der Waals surface area contributed by atoms with Crippen molar-refractivity contribution in [3.8, 4) is 0 Å². The Morgan fingerprint density at radius 3 is 1.00 bits per heavy atom. The Bertz CT molecular complexity index is 232. The first-order valence-electron chi connectivity index (χ1n) is 6.99. The Morgan fingerprint density at radius 2 is 0.833 bits per heavy atom. The van der Waals surface area contributed by atoms with Crippen LogP contribution in [0.25, 0.3) is 0 Å². The lowest BCUT2D eigenvalue weighted by atomic mass is 10.0. The van der Waals surface area contributed by atoms with E-state index in [1.807, 2.05) is 0 Å². The van der Waals surface area contributed by atoms with Crippen molar-refractivity contribution in [2.24, 2.45) is 10.8 Å².